The van der Waals surface area contributed by atoms with E-state index in [4.69, 9.17) is 10.5 Å². The van der Waals surface area contributed by atoms with Gasteiger partial charge in [0.15, 0.2) is 0 Å². The first-order valence-corrected chi connectivity index (χ1v) is 8.12. The van der Waals surface area contributed by atoms with Crippen molar-refractivity contribution in [3.63, 3.8) is 0 Å². The second-order valence-electron chi connectivity index (χ2n) is 4.01. The van der Waals surface area contributed by atoms with E-state index in [9.17, 15) is 9.59 Å². The molecule has 2 atom stereocenters. The van der Waals surface area contributed by atoms with Crippen LogP contribution in [0.4, 0.5) is 5.69 Å². The molecule has 19 heavy (non-hydrogen) atoms. The van der Waals surface area contributed by atoms with E-state index in [2.05, 4.69) is 0 Å². The first-order valence-electron chi connectivity index (χ1n) is 5.63. The van der Waals surface area contributed by atoms with Crippen molar-refractivity contribution >= 4 is 62.7 Å². The molecule has 0 radical (unpaired) electrons. The number of rotatable bonds is 3. The molecule has 0 saturated carbocycles. The lowest BCUT2D eigenvalue weighted by Gasteiger charge is -2.31. The number of anilines is 1. The highest BCUT2D eigenvalue weighted by molar-refractivity contribution is 14.1. The summed E-state index contributed by atoms with van der Waals surface area (Å²) in [4.78, 5) is 25.3. The number of hydrogen-bond donors (Lipinski definition) is 1. The van der Waals surface area contributed by atoms with E-state index in [0.717, 1.165) is 5.69 Å². The number of amides is 2. The molecule has 2 rings (SSSR count). The second-order valence-corrected chi connectivity index (χ2v) is 6.70. The van der Waals surface area contributed by atoms with Gasteiger partial charge in [0.25, 0.3) is 0 Å². The molecule has 5 nitrogen and oxygen atoms in total. The minimum Gasteiger partial charge on any atom is -0.490 e. The topological polar surface area (TPSA) is 72.6 Å². The molecule has 1 aromatic rings. The molecule has 0 aliphatic carbocycles. The SMILES string of the molecule is NC(=O)C(I)C(I)C(=O)N1CCOc2ccccc21. The Kier molecular flexibility index (Phi) is 4.87. The average molecular weight is 486 g/mol. The molecule has 1 heterocycles. The molecule has 7 heteroatoms. The van der Waals surface area contributed by atoms with E-state index >= 15 is 0 Å². The van der Waals surface area contributed by atoms with Crippen LogP contribution in [-0.4, -0.2) is 32.8 Å². The van der Waals surface area contributed by atoms with Crippen LogP contribution >= 0.6 is 45.2 Å². The summed E-state index contributed by atoms with van der Waals surface area (Å²) in [7, 11) is 0. The van der Waals surface area contributed by atoms with Crippen LogP contribution in [0.1, 0.15) is 0 Å². The van der Waals surface area contributed by atoms with Crippen LogP contribution in [-0.2, 0) is 9.59 Å². The maximum atomic E-state index is 12.5. The van der Waals surface area contributed by atoms with Crippen LogP contribution < -0.4 is 15.4 Å². The fraction of sp³-hybridized carbons (Fsp3) is 0.333. The number of alkyl halides is 2. The quantitative estimate of drug-likeness (QED) is 0.521. The van der Waals surface area contributed by atoms with E-state index in [1.807, 2.05) is 69.4 Å². The molecule has 2 unspecified atom stereocenters. The van der Waals surface area contributed by atoms with E-state index in [1.54, 1.807) is 4.90 Å². The molecule has 2 amide bonds. The zero-order valence-electron chi connectivity index (χ0n) is 9.88. The van der Waals surface area contributed by atoms with E-state index in [-0.39, 0.29) is 5.91 Å². The summed E-state index contributed by atoms with van der Waals surface area (Å²) in [5, 5.41) is 0. The Morgan fingerprint density at radius 1 is 1.26 bits per heavy atom. The fourth-order valence-electron chi connectivity index (χ4n) is 1.82. The summed E-state index contributed by atoms with van der Waals surface area (Å²) in [6, 6.07) is 7.37. The lowest BCUT2D eigenvalue weighted by atomic mass is 10.2. The highest BCUT2D eigenvalue weighted by atomic mass is 127. The maximum absolute atomic E-state index is 12.5. The Bertz CT molecular complexity index is 510. The van der Waals surface area contributed by atoms with Gasteiger partial charge in [-0.2, -0.15) is 0 Å². The van der Waals surface area contributed by atoms with Gasteiger partial charge in [-0.15, -0.1) is 0 Å². The van der Waals surface area contributed by atoms with Crippen molar-refractivity contribution in [1.29, 1.82) is 0 Å². The van der Waals surface area contributed by atoms with Crippen molar-refractivity contribution in [3.05, 3.63) is 24.3 Å². The number of ether oxygens (including phenoxy) is 1. The number of primary amides is 1. The van der Waals surface area contributed by atoms with Gasteiger partial charge < -0.3 is 15.4 Å². The normalized spacial score (nSPS) is 17.1. The molecule has 102 valence electrons. The zero-order valence-corrected chi connectivity index (χ0v) is 14.2. The summed E-state index contributed by atoms with van der Waals surface area (Å²) >= 11 is 3.88. The highest BCUT2D eigenvalue weighted by Gasteiger charge is 2.33. The van der Waals surface area contributed by atoms with Crippen LogP contribution in [0.25, 0.3) is 0 Å². The smallest absolute Gasteiger partial charge is 0.241 e. The number of para-hydroxylation sites is 2. The third-order valence-corrected chi connectivity index (χ3v) is 6.72. The number of nitrogens with two attached hydrogens (primary N) is 1. The Hall–Kier alpha value is -0.580. The van der Waals surface area contributed by atoms with Gasteiger partial charge in [-0.05, 0) is 12.1 Å². The number of carbonyl (C=O) groups excluding carboxylic acids is 2. The molecule has 1 aliphatic rings. The van der Waals surface area contributed by atoms with Crippen molar-refractivity contribution in [2.45, 2.75) is 7.85 Å². The average Bonchev–Trinajstić information content (AvgIpc) is 2.44. The largest absolute Gasteiger partial charge is 0.490 e. The van der Waals surface area contributed by atoms with Crippen LogP contribution in [0.5, 0.6) is 5.75 Å². The standard InChI is InChI=1S/C12H12I2N2O3/c13-9(11(15)17)10(14)12(18)16-5-6-19-8-4-2-1-3-7(8)16/h1-4,9-10H,5-6H2,(H2,15,17). The van der Waals surface area contributed by atoms with Gasteiger partial charge in [-0.25, -0.2) is 0 Å². The minimum absolute atomic E-state index is 0.116. The van der Waals surface area contributed by atoms with Crippen LogP contribution in [0.2, 0.25) is 0 Å². The van der Waals surface area contributed by atoms with E-state index in [1.165, 1.54) is 0 Å². The molecular formula is C12H12I2N2O3. The number of carbonyl (C=O) groups is 2. The number of fused-ring (bicyclic) bond motifs is 1. The van der Waals surface area contributed by atoms with Crippen molar-refractivity contribution in [2.75, 3.05) is 18.1 Å². The Balaban J connectivity index is 2.24. The number of nitrogens with zero attached hydrogens (tertiary/aromatic N) is 1. The summed E-state index contributed by atoms with van der Waals surface area (Å²) in [6.45, 7) is 0.937. The highest BCUT2D eigenvalue weighted by Crippen LogP contribution is 2.32. The molecule has 2 N–H and O–H groups in total. The van der Waals surface area contributed by atoms with Crippen molar-refractivity contribution in [3.8, 4) is 5.75 Å². The number of benzene rings is 1. The molecule has 0 aromatic heterocycles. The van der Waals surface area contributed by atoms with E-state index < -0.39 is 13.8 Å². The van der Waals surface area contributed by atoms with Gasteiger partial charge in [0, 0.05) is 0 Å². The van der Waals surface area contributed by atoms with E-state index in [0.29, 0.717) is 18.9 Å². The predicted molar refractivity (Wildman–Crippen MR) is 89.1 cm³/mol. The summed E-state index contributed by atoms with van der Waals surface area (Å²) in [5.41, 5.74) is 6.00. The molecule has 0 fully saturated rings. The van der Waals surface area contributed by atoms with Gasteiger partial charge in [0.1, 0.15) is 20.2 Å². The van der Waals surface area contributed by atoms with Gasteiger partial charge >= 0.3 is 0 Å². The molecule has 1 aliphatic heterocycles. The third-order valence-electron chi connectivity index (χ3n) is 2.76. The number of halogens is 2. The van der Waals surface area contributed by atoms with Crippen molar-refractivity contribution < 1.29 is 14.3 Å². The summed E-state index contributed by atoms with van der Waals surface area (Å²) in [6.07, 6.45) is 0. The fourth-order valence-corrected chi connectivity index (χ4v) is 2.81. The second kappa shape index (κ2) is 6.25. The van der Waals surface area contributed by atoms with Crippen LogP contribution in [0.15, 0.2) is 24.3 Å². The van der Waals surface area contributed by atoms with Crippen LogP contribution in [0.3, 0.4) is 0 Å². The maximum Gasteiger partial charge on any atom is 0.241 e. The Morgan fingerprint density at radius 3 is 2.63 bits per heavy atom. The minimum atomic E-state index is -0.527. The van der Waals surface area contributed by atoms with Crippen molar-refractivity contribution in [2.24, 2.45) is 5.73 Å². The van der Waals surface area contributed by atoms with Gasteiger partial charge in [-0.1, -0.05) is 57.3 Å². The molecule has 0 bridgehead atoms. The van der Waals surface area contributed by atoms with Gasteiger partial charge in [0.05, 0.1) is 12.2 Å². The lowest BCUT2D eigenvalue weighted by molar-refractivity contribution is -0.122. The number of hydrogen-bond acceptors (Lipinski definition) is 3. The monoisotopic (exact) mass is 486 g/mol. The zero-order chi connectivity index (χ0) is 14.0. The molecular weight excluding hydrogens is 474 g/mol. The molecule has 0 saturated heterocycles. The summed E-state index contributed by atoms with van der Waals surface area (Å²) < 4.78 is 4.49. The Morgan fingerprint density at radius 2 is 1.95 bits per heavy atom. The van der Waals surface area contributed by atoms with Gasteiger partial charge in [-0.3, -0.25) is 9.59 Å². The predicted octanol–water partition coefficient (Wildman–Crippen LogP) is 1.50. The lowest BCUT2D eigenvalue weighted by Crippen LogP contribution is -2.47. The first kappa shape index (κ1) is 14.8. The molecule has 0 spiro atoms. The van der Waals surface area contributed by atoms with Crippen LogP contribution in [0, 0.1) is 0 Å². The van der Waals surface area contributed by atoms with Crippen molar-refractivity contribution in [1.82, 2.24) is 0 Å². The Labute approximate surface area is 138 Å². The summed E-state index contributed by atoms with van der Waals surface area (Å²) in [5.74, 6) is 0.0965. The third kappa shape index (κ3) is 3.12. The van der Waals surface area contributed by atoms with Gasteiger partial charge in [0.2, 0.25) is 11.8 Å². The molecule has 1 aromatic carbocycles. The first-order chi connectivity index (χ1) is 9.02.